The maximum Gasteiger partial charge on any atom is 0.293 e. The second-order valence-electron chi connectivity index (χ2n) is 3.53. The number of para-hydroxylation sites is 1. The van der Waals surface area contributed by atoms with E-state index in [9.17, 15) is 14.9 Å². The number of non-ortho nitro benzene ring substituents is 1. The molecule has 0 saturated carbocycles. The first-order valence-electron chi connectivity index (χ1n) is 4.91. The van der Waals surface area contributed by atoms with Crippen LogP contribution < -0.4 is 5.43 Å². The van der Waals surface area contributed by atoms with Crippen LogP contribution in [0.15, 0.2) is 29.2 Å². The van der Waals surface area contributed by atoms with Crippen molar-refractivity contribution in [1.29, 1.82) is 0 Å². The van der Waals surface area contributed by atoms with E-state index < -0.39 is 4.92 Å². The van der Waals surface area contributed by atoms with E-state index in [-0.39, 0.29) is 16.6 Å². The lowest BCUT2D eigenvalue weighted by molar-refractivity contribution is -0.383. The number of H-pyrrole nitrogens is 1. The van der Waals surface area contributed by atoms with Crippen molar-refractivity contribution in [2.75, 3.05) is 6.26 Å². The topological polar surface area (TPSA) is 76.0 Å². The summed E-state index contributed by atoms with van der Waals surface area (Å²) in [5, 5.41) is 11.2. The van der Waals surface area contributed by atoms with Gasteiger partial charge < -0.3 is 4.98 Å². The van der Waals surface area contributed by atoms with E-state index >= 15 is 0 Å². The van der Waals surface area contributed by atoms with Gasteiger partial charge in [-0.25, -0.2) is 0 Å². The normalized spacial score (nSPS) is 10.6. The fourth-order valence-corrected chi connectivity index (χ4v) is 2.22. The third-order valence-corrected chi connectivity index (χ3v) is 3.07. The summed E-state index contributed by atoms with van der Waals surface area (Å²) in [6.45, 7) is 0. The van der Waals surface area contributed by atoms with Gasteiger partial charge in [-0.05, 0) is 12.3 Å². The SMILES string of the molecule is CSCc1c[nH]c2c([N+](=O)[O-])cccc2c1=O. The van der Waals surface area contributed by atoms with Gasteiger partial charge in [-0.2, -0.15) is 11.8 Å². The molecule has 0 saturated heterocycles. The summed E-state index contributed by atoms with van der Waals surface area (Å²) in [6, 6.07) is 4.51. The molecule has 0 bridgehead atoms. The lowest BCUT2D eigenvalue weighted by Gasteiger charge is -2.02. The molecule has 0 aliphatic carbocycles. The van der Waals surface area contributed by atoms with E-state index in [1.54, 1.807) is 12.3 Å². The van der Waals surface area contributed by atoms with Crippen molar-refractivity contribution in [3.63, 3.8) is 0 Å². The van der Waals surface area contributed by atoms with Gasteiger partial charge in [-0.15, -0.1) is 0 Å². The molecule has 1 aromatic heterocycles. The summed E-state index contributed by atoms with van der Waals surface area (Å²) in [4.78, 5) is 25.2. The first kappa shape index (κ1) is 11.7. The summed E-state index contributed by atoms with van der Waals surface area (Å²) < 4.78 is 0. The van der Waals surface area contributed by atoms with E-state index in [4.69, 9.17) is 0 Å². The van der Waals surface area contributed by atoms with Gasteiger partial charge in [0.05, 0.1) is 10.3 Å². The molecule has 0 spiro atoms. The van der Waals surface area contributed by atoms with Crippen molar-refractivity contribution < 1.29 is 4.92 Å². The molecule has 2 rings (SSSR count). The summed E-state index contributed by atoms with van der Waals surface area (Å²) in [5.41, 5.74) is 0.699. The average Bonchev–Trinajstić information content (AvgIpc) is 2.32. The van der Waals surface area contributed by atoms with E-state index in [0.717, 1.165) is 0 Å². The van der Waals surface area contributed by atoms with Crippen LogP contribution in [-0.2, 0) is 5.75 Å². The molecule has 1 N–H and O–H groups in total. The van der Waals surface area contributed by atoms with Crippen LogP contribution in [0.3, 0.4) is 0 Å². The van der Waals surface area contributed by atoms with Gasteiger partial charge >= 0.3 is 0 Å². The van der Waals surface area contributed by atoms with Crippen molar-refractivity contribution in [3.05, 3.63) is 50.3 Å². The molecule has 88 valence electrons. The fourth-order valence-electron chi connectivity index (χ4n) is 1.69. The molecule has 0 amide bonds. The zero-order valence-corrected chi connectivity index (χ0v) is 9.91. The number of fused-ring (bicyclic) bond motifs is 1. The number of pyridine rings is 1. The van der Waals surface area contributed by atoms with Gasteiger partial charge in [0.25, 0.3) is 5.69 Å². The van der Waals surface area contributed by atoms with Gasteiger partial charge in [0.15, 0.2) is 5.43 Å². The number of nitrogens with one attached hydrogen (secondary N) is 1. The Labute approximate surface area is 101 Å². The number of thioether (sulfide) groups is 1. The zero-order valence-electron chi connectivity index (χ0n) is 9.10. The van der Waals surface area contributed by atoms with Gasteiger partial charge in [0.2, 0.25) is 0 Å². The lowest BCUT2D eigenvalue weighted by Crippen LogP contribution is -2.09. The Hall–Kier alpha value is -1.82. The molecule has 1 aromatic carbocycles. The first-order chi connectivity index (χ1) is 8.15. The van der Waals surface area contributed by atoms with Crippen molar-refractivity contribution in [2.24, 2.45) is 0 Å². The van der Waals surface area contributed by atoms with Gasteiger partial charge in [0, 0.05) is 23.6 Å². The highest BCUT2D eigenvalue weighted by molar-refractivity contribution is 7.97. The van der Waals surface area contributed by atoms with E-state index in [2.05, 4.69) is 4.98 Å². The second kappa shape index (κ2) is 4.58. The number of aromatic nitrogens is 1. The van der Waals surface area contributed by atoms with Crippen molar-refractivity contribution in [3.8, 4) is 0 Å². The second-order valence-corrected chi connectivity index (χ2v) is 4.40. The van der Waals surface area contributed by atoms with Crippen LogP contribution in [0.5, 0.6) is 0 Å². The minimum Gasteiger partial charge on any atom is -0.355 e. The van der Waals surface area contributed by atoms with E-state index in [0.29, 0.717) is 16.7 Å². The maximum atomic E-state index is 12.0. The molecule has 17 heavy (non-hydrogen) atoms. The Bertz CT molecular complexity index is 636. The number of nitrogens with zero attached hydrogens (tertiary/aromatic N) is 1. The van der Waals surface area contributed by atoms with E-state index in [1.165, 1.54) is 23.9 Å². The number of nitro groups is 1. The maximum absolute atomic E-state index is 12.0. The third kappa shape index (κ3) is 2.03. The zero-order chi connectivity index (χ0) is 12.4. The number of nitro benzene ring substituents is 1. The van der Waals surface area contributed by atoms with Crippen molar-refractivity contribution in [1.82, 2.24) is 4.98 Å². The number of benzene rings is 1. The summed E-state index contributed by atoms with van der Waals surface area (Å²) in [7, 11) is 0. The molecule has 0 aliphatic heterocycles. The standard InChI is InChI=1S/C11H10N2O3S/c1-17-6-7-5-12-10-8(11(7)14)3-2-4-9(10)13(15)16/h2-5H,6H2,1H3,(H,12,14). The van der Waals surface area contributed by atoms with Crippen molar-refractivity contribution >= 4 is 28.4 Å². The van der Waals surface area contributed by atoms with Gasteiger partial charge in [-0.3, -0.25) is 14.9 Å². The Morgan fingerprint density at radius 3 is 2.88 bits per heavy atom. The lowest BCUT2D eigenvalue weighted by atomic mass is 10.1. The predicted octanol–water partition coefficient (Wildman–Crippen LogP) is 2.30. The van der Waals surface area contributed by atoms with Crippen LogP contribution in [0.4, 0.5) is 5.69 Å². The molecule has 6 heteroatoms. The molecule has 0 unspecified atom stereocenters. The van der Waals surface area contributed by atoms with Gasteiger partial charge in [0.1, 0.15) is 5.52 Å². The Kier molecular flexibility index (Phi) is 3.14. The summed E-state index contributed by atoms with van der Waals surface area (Å²) in [5.74, 6) is 0.591. The molecule has 1 heterocycles. The molecule has 0 atom stereocenters. The highest BCUT2D eigenvalue weighted by Gasteiger charge is 2.14. The first-order valence-corrected chi connectivity index (χ1v) is 6.31. The van der Waals surface area contributed by atoms with Crippen LogP contribution in [0.25, 0.3) is 10.9 Å². The Balaban J connectivity index is 2.76. The molecule has 0 aliphatic rings. The minimum atomic E-state index is -0.494. The molecule has 5 nitrogen and oxygen atoms in total. The quantitative estimate of drug-likeness (QED) is 0.669. The molecule has 0 fully saturated rings. The minimum absolute atomic E-state index is 0.0738. The van der Waals surface area contributed by atoms with Crippen LogP contribution in [0.2, 0.25) is 0 Å². The number of aromatic amines is 1. The van der Waals surface area contributed by atoms with Crippen LogP contribution in [-0.4, -0.2) is 16.2 Å². The molecule has 0 radical (unpaired) electrons. The highest BCUT2D eigenvalue weighted by Crippen LogP contribution is 2.21. The summed E-state index contributed by atoms with van der Waals surface area (Å²) >= 11 is 1.53. The molecular formula is C11H10N2O3S. The Morgan fingerprint density at radius 1 is 1.47 bits per heavy atom. The average molecular weight is 250 g/mol. The smallest absolute Gasteiger partial charge is 0.293 e. The van der Waals surface area contributed by atoms with Gasteiger partial charge in [-0.1, -0.05) is 6.07 Å². The fraction of sp³-hybridized carbons (Fsp3) is 0.182. The van der Waals surface area contributed by atoms with Crippen LogP contribution >= 0.6 is 11.8 Å². The molecular weight excluding hydrogens is 240 g/mol. The number of hydrogen-bond donors (Lipinski definition) is 1. The number of hydrogen-bond acceptors (Lipinski definition) is 4. The summed E-state index contributed by atoms with van der Waals surface area (Å²) in [6.07, 6.45) is 3.45. The third-order valence-electron chi connectivity index (χ3n) is 2.47. The monoisotopic (exact) mass is 250 g/mol. The predicted molar refractivity (Wildman–Crippen MR) is 68.4 cm³/mol. The molecule has 2 aromatic rings. The largest absolute Gasteiger partial charge is 0.355 e. The van der Waals surface area contributed by atoms with Crippen LogP contribution in [0, 0.1) is 10.1 Å². The number of rotatable bonds is 3. The Morgan fingerprint density at radius 2 is 2.24 bits per heavy atom. The highest BCUT2D eigenvalue weighted by atomic mass is 32.2. The van der Waals surface area contributed by atoms with Crippen LogP contribution in [0.1, 0.15) is 5.56 Å². The van der Waals surface area contributed by atoms with E-state index in [1.807, 2.05) is 6.26 Å². The van der Waals surface area contributed by atoms with Crippen molar-refractivity contribution in [2.45, 2.75) is 5.75 Å².